The summed E-state index contributed by atoms with van der Waals surface area (Å²) in [7, 11) is 0. The van der Waals surface area contributed by atoms with Crippen molar-refractivity contribution < 1.29 is 4.39 Å². The standard InChI is InChI=1S/C15H13FN2/c1-11-10-15(12-4-2-3-5-12)17-18(11)14-8-6-13(16)7-9-14/h2-10,12H,1H3. The van der Waals surface area contributed by atoms with Gasteiger partial charge in [0.2, 0.25) is 0 Å². The van der Waals surface area contributed by atoms with Crippen molar-refractivity contribution in [3.05, 3.63) is 71.8 Å². The Bertz CT molecular complexity index is 608. The maximum Gasteiger partial charge on any atom is 0.123 e. The largest absolute Gasteiger partial charge is 0.238 e. The summed E-state index contributed by atoms with van der Waals surface area (Å²) in [5, 5.41) is 4.58. The van der Waals surface area contributed by atoms with Gasteiger partial charge in [0, 0.05) is 11.6 Å². The zero-order valence-electron chi connectivity index (χ0n) is 10.0. The van der Waals surface area contributed by atoms with Gasteiger partial charge < -0.3 is 0 Å². The van der Waals surface area contributed by atoms with Gasteiger partial charge in [0.05, 0.1) is 11.4 Å². The van der Waals surface area contributed by atoms with Crippen LogP contribution in [0.4, 0.5) is 4.39 Å². The van der Waals surface area contributed by atoms with Crippen molar-refractivity contribution >= 4 is 0 Å². The van der Waals surface area contributed by atoms with E-state index in [9.17, 15) is 4.39 Å². The van der Waals surface area contributed by atoms with Crippen LogP contribution in [0.3, 0.4) is 0 Å². The molecule has 0 bridgehead atoms. The minimum atomic E-state index is -0.231. The van der Waals surface area contributed by atoms with Gasteiger partial charge in [-0.1, -0.05) is 24.3 Å². The van der Waals surface area contributed by atoms with Crippen LogP contribution in [0.1, 0.15) is 17.3 Å². The average Bonchev–Trinajstić information content (AvgIpc) is 2.99. The third-order valence-electron chi connectivity index (χ3n) is 3.07. The maximum atomic E-state index is 12.9. The zero-order valence-corrected chi connectivity index (χ0v) is 10.0. The third kappa shape index (κ3) is 1.88. The topological polar surface area (TPSA) is 17.8 Å². The molecule has 0 aliphatic heterocycles. The Balaban J connectivity index is 2.00. The zero-order chi connectivity index (χ0) is 12.5. The highest BCUT2D eigenvalue weighted by Gasteiger charge is 2.13. The number of allylic oxidation sites excluding steroid dienone is 4. The summed E-state index contributed by atoms with van der Waals surface area (Å²) in [6.45, 7) is 2.00. The Morgan fingerprint density at radius 3 is 2.44 bits per heavy atom. The lowest BCUT2D eigenvalue weighted by atomic mass is 10.1. The lowest BCUT2D eigenvalue weighted by Gasteiger charge is -2.04. The van der Waals surface area contributed by atoms with Crippen LogP contribution in [0.5, 0.6) is 0 Å². The minimum absolute atomic E-state index is 0.231. The molecular weight excluding hydrogens is 227 g/mol. The highest BCUT2D eigenvalue weighted by molar-refractivity contribution is 5.37. The van der Waals surface area contributed by atoms with Gasteiger partial charge in [-0.25, -0.2) is 9.07 Å². The molecule has 1 heterocycles. The molecule has 0 atom stereocenters. The highest BCUT2D eigenvalue weighted by Crippen LogP contribution is 2.23. The van der Waals surface area contributed by atoms with E-state index in [2.05, 4.69) is 23.3 Å². The molecule has 0 unspecified atom stereocenters. The van der Waals surface area contributed by atoms with Crippen LogP contribution in [-0.2, 0) is 0 Å². The van der Waals surface area contributed by atoms with E-state index in [1.54, 1.807) is 12.1 Å². The molecule has 90 valence electrons. The van der Waals surface area contributed by atoms with Crippen molar-refractivity contribution in [1.29, 1.82) is 0 Å². The van der Waals surface area contributed by atoms with E-state index in [-0.39, 0.29) is 11.7 Å². The Hall–Kier alpha value is -2.16. The number of hydrogen-bond donors (Lipinski definition) is 0. The van der Waals surface area contributed by atoms with Gasteiger partial charge >= 0.3 is 0 Å². The molecule has 0 amide bonds. The smallest absolute Gasteiger partial charge is 0.123 e. The van der Waals surface area contributed by atoms with E-state index in [1.807, 2.05) is 23.8 Å². The molecule has 1 aliphatic carbocycles. The van der Waals surface area contributed by atoms with Crippen molar-refractivity contribution in [2.45, 2.75) is 12.8 Å². The molecule has 1 aliphatic rings. The second-order valence-electron chi connectivity index (χ2n) is 4.39. The maximum absolute atomic E-state index is 12.9. The fourth-order valence-corrected chi connectivity index (χ4v) is 2.13. The van der Waals surface area contributed by atoms with E-state index < -0.39 is 0 Å². The second kappa shape index (κ2) is 4.26. The van der Waals surface area contributed by atoms with Gasteiger partial charge in [0.15, 0.2) is 0 Å². The van der Waals surface area contributed by atoms with Crippen LogP contribution in [0.2, 0.25) is 0 Å². The van der Waals surface area contributed by atoms with Gasteiger partial charge in [-0.15, -0.1) is 0 Å². The Kier molecular flexibility index (Phi) is 2.59. The Labute approximate surface area is 105 Å². The monoisotopic (exact) mass is 240 g/mol. The summed E-state index contributed by atoms with van der Waals surface area (Å²) < 4.78 is 14.7. The van der Waals surface area contributed by atoms with Crippen LogP contribution < -0.4 is 0 Å². The van der Waals surface area contributed by atoms with Crippen molar-refractivity contribution in [1.82, 2.24) is 9.78 Å². The fourth-order valence-electron chi connectivity index (χ4n) is 2.13. The van der Waals surface area contributed by atoms with E-state index in [1.165, 1.54) is 12.1 Å². The molecule has 1 aromatic carbocycles. The lowest BCUT2D eigenvalue weighted by molar-refractivity contribution is 0.626. The number of hydrogen-bond acceptors (Lipinski definition) is 1. The van der Waals surface area contributed by atoms with Crippen molar-refractivity contribution in [2.75, 3.05) is 0 Å². The molecule has 0 saturated carbocycles. The first-order valence-electron chi connectivity index (χ1n) is 5.91. The number of aromatic nitrogens is 2. The molecule has 1 aromatic heterocycles. The molecule has 3 heteroatoms. The van der Waals surface area contributed by atoms with Crippen molar-refractivity contribution in [3.63, 3.8) is 0 Å². The first kappa shape index (κ1) is 11.0. The molecule has 0 spiro atoms. The van der Waals surface area contributed by atoms with Gasteiger partial charge in [0.25, 0.3) is 0 Å². The third-order valence-corrected chi connectivity index (χ3v) is 3.07. The normalized spacial score (nSPS) is 14.6. The SMILES string of the molecule is Cc1cc(C2C=CC=C2)nn1-c1ccc(F)cc1. The summed E-state index contributed by atoms with van der Waals surface area (Å²) in [6.07, 6.45) is 8.27. The molecular formula is C15H13FN2. The first-order chi connectivity index (χ1) is 8.74. The number of rotatable bonds is 2. The molecule has 0 N–H and O–H groups in total. The van der Waals surface area contributed by atoms with Crippen molar-refractivity contribution in [2.24, 2.45) is 0 Å². The second-order valence-corrected chi connectivity index (χ2v) is 4.39. The molecule has 0 saturated heterocycles. The van der Waals surface area contributed by atoms with E-state index in [0.29, 0.717) is 0 Å². The predicted octanol–water partition coefficient (Wildman–Crippen LogP) is 3.53. The molecule has 2 nitrogen and oxygen atoms in total. The average molecular weight is 240 g/mol. The Morgan fingerprint density at radius 1 is 1.11 bits per heavy atom. The fraction of sp³-hybridized carbons (Fsp3) is 0.133. The van der Waals surface area contributed by atoms with Gasteiger partial charge in [-0.3, -0.25) is 0 Å². The van der Waals surface area contributed by atoms with Crippen LogP contribution in [0, 0.1) is 12.7 Å². The summed E-state index contributed by atoms with van der Waals surface area (Å²) in [5.41, 5.74) is 2.94. The van der Waals surface area contributed by atoms with Gasteiger partial charge in [-0.05, 0) is 37.3 Å². The van der Waals surface area contributed by atoms with E-state index >= 15 is 0 Å². The molecule has 2 aromatic rings. The van der Waals surface area contributed by atoms with E-state index in [4.69, 9.17) is 0 Å². The number of aryl methyl sites for hydroxylation is 1. The first-order valence-corrected chi connectivity index (χ1v) is 5.91. The van der Waals surface area contributed by atoms with Crippen LogP contribution in [0.15, 0.2) is 54.6 Å². The number of halogens is 1. The van der Waals surface area contributed by atoms with Gasteiger partial charge in [0.1, 0.15) is 5.82 Å². The molecule has 3 rings (SSSR count). The van der Waals surface area contributed by atoms with Crippen LogP contribution >= 0.6 is 0 Å². The number of nitrogens with zero attached hydrogens (tertiary/aromatic N) is 2. The van der Waals surface area contributed by atoms with Gasteiger partial charge in [-0.2, -0.15) is 5.10 Å². The summed E-state index contributed by atoms with van der Waals surface area (Å²) >= 11 is 0. The predicted molar refractivity (Wildman–Crippen MR) is 69.3 cm³/mol. The van der Waals surface area contributed by atoms with Crippen LogP contribution in [-0.4, -0.2) is 9.78 Å². The molecule has 0 fully saturated rings. The van der Waals surface area contributed by atoms with Crippen molar-refractivity contribution in [3.8, 4) is 5.69 Å². The number of benzene rings is 1. The quantitative estimate of drug-likeness (QED) is 0.785. The summed E-state index contributed by atoms with van der Waals surface area (Å²) in [5.74, 6) is 0.0239. The molecule has 0 radical (unpaired) electrons. The van der Waals surface area contributed by atoms with Crippen LogP contribution in [0.25, 0.3) is 5.69 Å². The minimum Gasteiger partial charge on any atom is -0.238 e. The lowest BCUT2D eigenvalue weighted by Crippen LogP contribution is -2.00. The molecule has 18 heavy (non-hydrogen) atoms. The highest BCUT2D eigenvalue weighted by atomic mass is 19.1. The Morgan fingerprint density at radius 2 is 1.78 bits per heavy atom. The van der Waals surface area contributed by atoms with E-state index in [0.717, 1.165) is 17.1 Å². The summed E-state index contributed by atoms with van der Waals surface area (Å²) in [6, 6.07) is 8.43. The summed E-state index contributed by atoms with van der Waals surface area (Å²) in [4.78, 5) is 0.